The molecule has 0 aromatic rings. The zero-order chi connectivity index (χ0) is 9.07. The molecule has 0 aliphatic heterocycles. The molecule has 1 nitrogen and oxygen atoms in total. The predicted molar refractivity (Wildman–Crippen MR) is 53.9 cm³/mol. The van der Waals surface area contributed by atoms with E-state index in [0.717, 1.165) is 4.13 Å². The molecule has 12 heavy (non-hydrogen) atoms. The van der Waals surface area contributed by atoms with Gasteiger partial charge in [0.05, 0.1) is 0 Å². The molecule has 0 fully saturated rings. The van der Waals surface area contributed by atoms with Crippen LogP contribution in [-0.2, 0) is 2.81 Å². The fraction of sp³-hybridized carbons (Fsp3) is 1.00. The van der Waals surface area contributed by atoms with Crippen molar-refractivity contribution in [2.45, 2.75) is 62.4 Å². The van der Waals surface area contributed by atoms with Gasteiger partial charge in [0.25, 0.3) is 0 Å². The van der Waals surface area contributed by atoms with Gasteiger partial charge in [0, 0.05) is 0 Å². The van der Waals surface area contributed by atoms with Crippen molar-refractivity contribution in [1.82, 2.24) is 0 Å². The number of hydrogen-bond acceptors (Lipinski definition) is 1. The molecule has 2 heteroatoms. The second-order valence-electron chi connectivity index (χ2n) is 3.33. The molecule has 0 atom stereocenters. The van der Waals surface area contributed by atoms with Crippen LogP contribution in [0, 0.1) is 0 Å². The van der Waals surface area contributed by atoms with Gasteiger partial charge in [0.1, 0.15) is 0 Å². The average Bonchev–Trinajstić information content (AvgIpc) is 2.10. The summed E-state index contributed by atoms with van der Waals surface area (Å²) in [6.07, 6.45) is 10.9. The monoisotopic (exact) mass is 366 g/mol. The van der Waals surface area contributed by atoms with Gasteiger partial charge in [-0.05, 0) is 0 Å². The fourth-order valence-electron chi connectivity index (χ4n) is 1.31. The van der Waals surface area contributed by atoms with E-state index in [1.165, 1.54) is 51.4 Å². The minimum absolute atomic E-state index is 1.06. The first-order chi connectivity index (χ1) is 5.91. The molecule has 0 aliphatic carbocycles. The summed E-state index contributed by atoms with van der Waals surface area (Å²) in [6, 6.07) is 0. The number of rotatable bonds is 9. The van der Waals surface area contributed by atoms with Crippen molar-refractivity contribution in [3.63, 3.8) is 0 Å². The Morgan fingerprint density at radius 1 is 0.833 bits per heavy atom. The third kappa shape index (κ3) is 10.7. The summed E-state index contributed by atoms with van der Waals surface area (Å²) in [4.78, 5) is 0. The van der Waals surface area contributed by atoms with Crippen LogP contribution in [0.15, 0.2) is 0 Å². The van der Waals surface area contributed by atoms with E-state index >= 15 is 0 Å². The van der Waals surface area contributed by atoms with Crippen molar-refractivity contribution in [3.05, 3.63) is 0 Å². The van der Waals surface area contributed by atoms with E-state index in [1.807, 2.05) is 0 Å². The Morgan fingerprint density at radius 2 is 1.33 bits per heavy atom. The minimum atomic E-state index is -1.18. The zero-order valence-electron chi connectivity index (χ0n) is 8.22. The topological polar surface area (TPSA) is 17.1 Å². The SMILES string of the molecule is CCCCCCCCC[CH2][Bi]=[O]. The Hall–Kier alpha value is 0.683. The first-order valence-electron chi connectivity index (χ1n) is 5.21. The summed E-state index contributed by atoms with van der Waals surface area (Å²) in [7, 11) is 0. The molecule has 0 aromatic carbocycles. The van der Waals surface area contributed by atoms with Gasteiger partial charge in [-0.3, -0.25) is 0 Å². The molecule has 0 aliphatic rings. The van der Waals surface area contributed by atoms with Crippen LogP contribution in [0.3, 0.4) is 0 Å². The van der Waals surface area contributed by atoms with E-state index in [0.29, 0.717) is 0 Å². The summed E-state index contributed by atoms with van der Waals surface area (Å²) in [6.45, 7) is 2.25. The first kappa shape index (κ1) is 12.7. The molecule has 0 spiro atoms. The molecule has 0 aromatic heterocycles. The van der Waals surface area contributed by atoms with Crippen LogP contribution in [0.25, 0.3) is 0 Å². The third-order valence-corrected chi connectivity index (χ3v) is 4.04. The maximum atomic E-state index is 10.3. The van der Waals surface area contributed by atoms with Gasteiger partial charge in [-0.15, -0.1) is 0 Å². The van der Waals surface area contributed by atoms with Crippen molar-refractivity contribution in [2.24, 2.45) is 0 Å². The molecule has 72 valence electrons. The molecule has 0 N–H and O–H groups in total. The van der Waals surface area contributed by atoms with Crippen molar-refractivity contribution in [2.75, 3.05) is 0 Å². The summed E-state index contributed by atoms with van der Waals surface area (Å²) in [5, 5.41) is 0. The number of hydrogen-bond donors (Lipinski definition) is 0. The zero-order valence-corrected chi connectivity index (χ0v) is 11.7. The average molecular weight is 366 g/mol. The Labute approximate surface area is 88.3 Å². The molecule has 0 amide bonds. The molecular formula is C10H21BiO. The van der Waals surface area contributed by atoms with E-state index < -0.39 is 23.2 Å². The van der Waals surface area contributed by atoms with Gasteiger partial charge in [-0.25, -0.2) is 0 Å². The van der Waals surface area contributed by atoms with Crippen molar-refractivity contribution >= 4 is 23.2 Å². The van der Waals surface area contributed by atoms with Gasteiger partial charge in [-0.1, -0.05) is 0 Å². The molecule has 0 bridgehead atoms. The Morgan fingerprint density at radius 3 is 1.83 bits per heavy atom. The summed E-state index contributed by atoms with van der Waals surface area (Å²) in [5.74, 6) is 0. The second kappa shape index (κ2) is 11.7. The maximum absolute atomic E-state index is 10.3. The van der Waals surface area contributed by atoms with Gasteiger partial charge < -0.3 is 0 Å². The Balaban J connectivity index is 2.77. The van der Waals surface area contributed by atoms with Crippen molar-refractivity contribution < 1.29 is 2.81 Å². The molecule has 0 heterocycles. The third-order valence-electron chi connectivity index (χ3n) is 2.10. The fourth-order valence-corrected chi connectivity index (χ4v) is 2.68. The van der Waals surface area contributed by atoms with E-state index in [1.54, 1.807) is 0 Å². The predicted octanol–water partition coefficient (Wildman–Crippen LogP) is 3.60. The van der Waals surface area contributed by atoms with Crippen molar-refractivity contribution in [3.8, 4) is 0 Å². The van der Waals surface area contributed by atoms with Crippen LogP contribution in [0.1, 0.15) is 58.3 Å². The van der Waals surface area contributed by atoms with Crippen LogP contribution < -0.4 is 0 Å². The molecule has 0 saturated heterocycles. The summed E-state index contributed by atoms with van der Waals surface area (Å²) >= 11 is -1.18. The number of unbranched alkanes of at least 4 members (excludes halogenated alkanes) is 7. The standard InChI is InChI=1S/C10H21.Bi.O/c1-3-5-7-9-10-8-6-4-2;;/h1,3-10H2,2H3;;. The Kier molecular flexibility index (Phi) is 12.3. The molecule has 0 saturated carbocycles. The van der Waals surface area contributed by atoms with Crippen molar-refractivity contribution in [1.29, 1.82) is 0 Å². The van der Waals surface area contributed by atoms with E-state index in [-0.39, 0.29) is 0 Å². The van der Waals surface area contributed by atoms with Gasteiger partial charge in [-0.2, -0.15) is 0 Å². The van der Waals surface area contributed by atoms with Gasteiger partial charge >= 0.3 is 88.5 Å². The molecular weight excluding hydrogens is 345 g/mol. The van der Waals surface area contributed by atoms with Gasteiger partial charge in [0.2, 0.25) is 0 Å². The Bertz CT molecular complexity index is 93.8. The van der Waals surface area contributed by atoms with E-state index in [4.69, 9.17) is 0 Å². The van der Waals surface area contributed by atoms with Crippen LogP contribution in [-0.4, -0.2) is 23.2 Å². The van der Waals surface area contributed by atoms with Crippen LogP contribution in [0.2, 0.25) is 4.13 Å². The van der Waals surface area contributed by atoms with E-state index in [9.17, 15) is 2.81 Å². The second-order valence-corrected chi connectivity index (χ2v) is 6.07. The molecule has 0 rings (SSSR count). The summed E-state index contributed by atoms with van der Waals surface area (Å²) in [5.41, 5.74) is 0. The first-order valence-corrected chi connectivity index (χ1v) is 9.08. The van der Waals surface area contributed by atoms with E-state index in [2.05, 4.69) is 6.92 Å². The van der Waals surface area contributed by atoms with Crippen LogP contribution >= 0.6 is 0 Å². The van der Waals surface area contributed by atoms with Crippen LogP contribution in [0.4, 0.5) is 0 Å². The van der Waals surface area contributed by atoms with Gasteiger partial charge in [0.15, 0.2) is 0 Å². The molecule has 0 radical (unpaired) electrons. The summed E-state index contributed by atoms with van der Waals surface area (Å²) < 4.78 is 11.3. The van der Waals surface area contributed by atoms with Crippen LogP contribution in [0.5, 0.6) is 0 Å². The quantitative estimate of drug-likeness (QED) is 0.450. The normalized spacial score (nSPS) is 10.1. The molecule has 0 unspecified atom stereocenters.